The monoisotopic (exact) mass is 262 g/mol. The fourth-order valence-corrected chi connectivity index (χ4v) is 1.46. The van der Waals surface area contributed by atoms with Crippen molar-refractivity contribution >= 4 is 18.6 Å². The number of aromatic nitrogens is 2. The molecule has 5 nitrogen and oxygen atoms in total. The zero-order chi connectivity index (χ0) is 13.1. The Morgan fingerprint density at radius 1 is 1.39 bits per heavy atom. The number of carbonyl (C=O) groups is 1. The molecule has 0 fully saturated rings. The molecule has 6 heteroatoms. The normalized spacial score (nSPS) is 10.3. The van der Waals surface area contributed by atoms with Gasteiger partial charge in [-0.15, -0.1) is 12.6 Å². The van der Waals surface area contributed by atoms with Gasteiger partial charge in [0.25, 0.3) is 0 Å². The molecule has 0 aliphatic carbocycles. The number of hydrogen-bond acceptors (Lipinski definition) is 5. The summed E-state index contributed by atoms with van der Waals surface area (Å²) in [4.78, 5) is 15.6. The first-order valence-electron chi connectivity index (χ1n) is 5.09. The predicted molar refractivity (Wildman–Crippen MR) is 67.5 cm³/mol. The maximum atomic E-state index is 10.6. The van der Waals surface area contributed by atoms with Crippen molar-refractivity contribution in [2.45, 2.75) is 11.3 Å². The lowest BCUT2D eigenvalue weighted by Gasteiger charge is -1.94. The van der Waals surface area contributed by atoms with Gasteiger partial charge in [-0.1, -0.05) is 11.7 Å². The number of aliphatic carboxylic acids is 1. The molecule has 0 unspecified atom stereocenters. The molecule has 18 heavy (non-hydrogen) atoms. The summed E-state index contributed by atoms with van der Waals surface area (Å²) in [5.41, 5.74) is 0.791. The molecule has 1 aromatic heterocycles. The van der Waals surface area contributed by atoms with Crippen molar-refractivity contribution in [2.24, 2.45) is 0 Å². The van der Waals surface area contributed by atoms with E-state index in [4.69, 9.17) is 9.63 Å². The molecule has 0 amide bonds. The van der Waals surface area contributed by atoms with E-state index in [2.05, 4.69) is 29.3 Å². The maximum absolute atomic E-state index is 10.6. The minimum Gasteiger partial charge on any atom is -0.478 e. The molecular formula is C12H10N2O3S. The van der Waals surface area contributed by atoms with Crippen molar-refractivity contribution in [1.82, 2.24) is 10.1 Å². The molecule has 0 spiro atoms. The van der Waals surface area contributed by atoms with Crippen LogP contribution in [0.4, 0.5) is 0 Å². The Morgan fingerprint density at radius 3 is 2.67 bits per heavy atom. The number of rotatable bonds is 4. The lowest BCUT2D eigenvalue weighted by molar-refractivity contribution is -0.132. The van der Waals surface area contributed by atoms with Crippen LogP contribution < -0.4 is 0 Å². The molecule has 0 aliphatic rings. The van der Waals surface area contributed by atoms with Crippen LogP contribution in [0.15, 0.2) is 45.8 Å². The van der Waals surface area contributed by atoms with Crippen molar-refractivity contribution in [1.29, 1.82) is 0 Å². The molecule has 0 aliphatic heterocycles. The molecule has 2 aromatic rings. The van der Waals surface area contributed by atoms with Crippen molar-refractivity contribution in [3.8, 4) is 11.4 Å². The van der Waals surface area contributed by atoms with Gasteiger partial charge >= 0.3 is 5.97 Å². The van der Waals surface area contributed by atoms with Crippen LogP contribution in [-0.4, -0.2) is 21.2 Å². The van der Waals surface area contributed by atoms with Gasteiger partial charge in [0.15, 0.2) is 0 Å². The number of benzene rings is 1. The summed E-state index contributed by atoms with van der Waals surface area (Å²) in [6.45, 7) is 3.41. The van der Waals surface area contributed by atoms with Gasteiger partial charge in [0.1, 0.15) is 0 Å². The van der Waals surface area contributed by atoms with E-state index >= 15 is 0 Å². The van der Waals surface area contributed by atoms with Crippen LogP contribution in [0.2, 0.25) is 0 Å². The Bertz CT molecular complexity index is 590. The first-order valence-corrected chi connectivity index (χ1v) is 5.54. The third-order valence-corrected chi connectivity index (χ3v) is 2.56. The third-order valence-electron chi connectivity index (χ3n) is 2.26. The van der Waals surface area contributed by atoms with E-state index in [0.29, 0.717) is 5.82 Å². The average Bonchev–Trinajstić information content (AvgIpc) is 2.78. The number of hydrogen-bond donors (Lipinski definition) is 2. The molecule has 0 atom stereocenters. The molecule has 1 N–H and O–H groups in total. The Balaban J connectivity index is 2.18. The second kappa shape index (κ2) is 5.05. The van der Waals surface area contributed by atoms with Gasteiger partial charge in [-0.05, 0) is 24.3 Å². The highest BCUT2D eigenvalue weighted by Crippen LogP contribution is 2.18. The fraction of sp³-hybridized carbons (Fsp3) is 0.0833. The molecule has 0 bridgehead atoms. The minimum absolute atomic E-state index is 0.0101. The standard InChI is InChI=1S/C12H10N2O3S/c1-7(12(15)16)6-10-13-11(14-17-10)8-2-4-9(18)5-3-8/h2-5,18H,1,6H2,(H,15,16). The summed E-state index contributed by atoms with van der Waals surface area (Å²) in [5.74, 6) is -0.432. The highest BCUT2D eigenvalue weighted by atomic mass is 32.1. The second-order valence-electron chi connectivity index (χ2n) is 3.64. The zero-order valence-corrected chi connectivity index (χ0v) is 10.2. The van der Waals surface area contributed by atoms with Crippen LogP contribution in [-0.2, 0) is 11.2 Å². The van der Waals surface area contributed by atoms with Gasteiger partial charge < -0.3 is 9.63 Å². The largest absolute Gasteiger partial charge is 0.478 e. The molecule has 0 radical (unpaired) electrons. The fourth-order valence-electron chi connectivity index (χ4n) is 1.31. The van der Waals surface area contributed by atoms with Gasteiger partial charge in [-0.2, -0.15) is 4.98 Å². The molecule has 1 aromatic carbocycles. The number of nitrogens with zero attached hydrogens (tertiary/aromatic N) is 2. The molecule has 1 heterocycles. The lowest BCUT2D eigenvalue weighted by atomic mass is 10.2. The van der Waals surface area contributed by atoms with Crippen LogP contribution in [0.3, 0.4) is 0 Å². The van der Waals surface area contributed by atoms with Gasteiger partial charge in [-0.3, -0.25) is 0 Å². The van der Waals surface area contributed by atoms with Crippen LogP contribution in [0.5, 0.6) is 0 Å². The lowest BCUT2D eigenvalue weighted by Crippen LogP contribution is -2.02. The smallest absolute Gasteiger partial charge is 0.331 e. The summed E-state index contributed by atoms with van der Waals surface area (Å²) in [5, 5.41) is 12.5. The Morgan fingerprint density at radius 2 is 2.06 bits per heavy atom. The van der Waals surface area contributed by atoms with Crippen molar-refractivity contribution in [2.75, 3.05) is 0 Å². The highest BCUT2D eigenvalue weighted by molar-refractivity contribution is 7.80. The van der Waals surface area contributed by atoms with E-state index in [9.17, 15) is 4.79 Å². The minimum atomic E-state index is -1.07. The van der Waals surface area contributed by atoms with Crippen LogP contribution in [0.25, 0.3) is 11.4 Å². The van der Waals surface area contributed by atoms with E-state index in [-0.39, 0.29) is 17.9 Å². The Hall–Kier alpha value is -2.08. The van der Waals surface area contributed by atoms with Crippen LogP contribution in [0.1, 0.15) is 5.89 Å². The van der Waals surface area contributed by atoms with Crippen LogP contribution >= 0.6 is 12.6 Å². The topological polar surface area (TPSA) is 76.2 Å². The molecule has 92 valence electrons. The first kappa shape index (κ1) is 12.4. The molecule has 0 saturated carbocycles. The molecule has 0 saturated heterocycles. The molecular weight excluding hydrogens is 252 g/mol. The highest BCUT2D eigenvalue weighted by Gasteiger charge is 2.12. The zero-order valence-electron chi connectivity index (χ0n) is 9.33. The van der Waals surface area contributed by atoms with Gasteiger partial charge in [0, 0.05) is 16.0 Å². The SMILES string of the molecule is C=C(Cc1nc(-c2ccc(S)cc2)no1)C(=O)O. The molecule has 2 rings (SSSR count). The average molecular weight is 262 g/mol. The second-order valence-corrected chi connectivity index (χ2v) is 4.16. The summed E-state index contributed by atoms with van der Waals surface area (Å²) >= 11 is 4.18. The number of thiol groups is 1. The van der Waals surface area contributed by atoms with Gasteiger partial charge in [0.05, 0.1) is 6.42 Å². The van der Waals surface area contributed by atoms with E-state index in [1.165, 1.54) is 0 Å². The number of carboxylic acid groups (broad SMARTS) is 1. The van der Waals surface area contributed by atoms with E-state index in [1.807, 2.05) is 24.3 Å². The van der Waals surface area contributed by atoms with Crippen molar-refractivity contribution in [3.05, 3.63) is 42.3 Å². The van der Waals surface area contributed by atoms with E-state index in [0.717, 1.165) is 10.5 Å². The third kappa shape index (κ3) is 2.78. The first-order chi connectivity index (χ1) is 8.56. The van der Waals surface area contributed by atoms with Gasteiger partial charge in [-0.25, -0.2) is 4.79 Å². The van der Waals surface area contributed by atoms with Crippen LogP contribution in [0, 0.1) is 0 Å². The quantitative estimate of drug-likeness (QED) is 0.652. The number of carboxylic acids is 1. The Labute approximate surface area is 109 Å². The van der Waals surface area contributed by atoms with Gasteiger partial charge in [0.2, 0.25) is 11.7 Å². The van der Waals surface area contributed by atoms with E-state index in [1.54, 1.807) is 0 Å². The van der Waals surface area contributed by atoms with E-state index < -0.39 is 5.97 Å². The Kier molecular flexibility index (Phi) is 3.47. The van der Waals surface area contributed by atoms with Crippen molar-refractivity contribution < 1.29 is 14.4 Å². The summed E-state index contributed by atoms with van der Waals surface area (Å²) in [7, 11) is 0. The maximum Gasteiger partial charge on any atom is 0.331 e. The summed E-state index contributed by atoms with van der Waals surface area (Å²) < 4.78 is 4.97. The summed E-state index contributed by atoms with van der Waals surface area (Å²) in [6.07, 6.45) is 0.0347. The predicted octanol–water partition coefficient (Wildman–Crippen LogP) is 2.21. The van der Waals surface area contributed by atoms with Crippen molar-refractivity contribution in [3.63, 3.8) is 0 Å². The summed E-state index contributed by atoms with van der Waals surface area (Å²) in [6, 6.07) is 7.24.